The number of aromatic carboxylic acids is 1. The van der Waals surface area contributed by atoms with E-state index in [4.69, 9.17) is 4.74 Å². The van der Waals surface area contributed by atoms with Gasteiger partial charge in [-0.1, -0.05) is 36.4 Å². The van der Waals surface area contributed by atoms with Gasteiger partial charge >= 0.3 is 5.97 Å². The van der Waals surface area contributed by atoms with Gasteiger partial charge in [0.2, 0.25) is 0 Å². The molecule has 0 saturated carbocycles. The van der Waals surface area contributed by atoms with E-state index in [1.807, 2.05) is 31.2 Å². The van der Waals surface area contributed by atoms with Crippen molar-refractivity contribution in [2.75, 3.05) is 11.9 Å². The van der Waals surface area contributed by atoms with Gasteiger partial charge in [0.15, 0.2) is 0 Å². The maximum atomic E-state index is 11.6. The Morgan fingerprint density at radius 1 is 1.07 bits per heavy atom. The second kappa shape index (κ2) is 6.96. The highest BCUT2D eigenvalue weighted by Gasteiger charge is 2.43. The third kappa shape index (κ3) is 2.96. The van der Waals surface area contributed by atoms with Crippen LogP contribution in [0.15, 0.2) is 66.7 Å². The number of carboxylic acid groups (broad SMARTS) is 1. The standard InChI is InChI=1S/C25H23NO3/c1-2-29-18-10-7-15(8-11-18)24-21-13-16-5-3-4-6-19(16)23(21)20-14-17(25(27)28)9-12-22(20)26-24/h3-12,14,21,23-24,26H,2,13H2,1H3,(H,27,28)/t21-,23+,24+/m1/s1. The summed E-state index contributed by atoms with van der Waals surface area (Å²) < 4.78 is 5.60. The van der Waals surface area contributed by atoms with Crippen molar-refractivity contribution in [3.63, 3.8) is 0 Å². The van der Waals surface area contributed by atoms with Crippen molar-refractivity contribution in [2.24, 2.45) is 5.92 Å². The normalized spacial score (nSPS) is 21.5. The largest absolute Gasteiger partial charge is 0.494 e. The number of nitrogens with one attached hydrogen (secondary N) is 1. The van der Waals surface area contributed by atoms with Crippen LogP contribution in [0.3, 0.4) is 0 Å². The number of carbonyl (C=O) groups is 1. The number of rotatable bonds is 4. The summed E-state index contributed by atoms with van der Waals surface area (Å²) in [7, 11) is 0. The van der Waals surface area contributed by atoms with Gasteiger partial charge in [0.25, 0.3) is 0 Å². The number of fused-ring (bicyclic) bond motifs is 5. The van der Waals surface area contributed by atoms with Crippen LogP contribution in [0.25, 0.3) is 0 Å². The van der Waals surface area contributed by atoms with Gasteiger partial charge in [0, 0.05) is 11.6 Å². The molecule has 5 rings (SSSR count). The summed E-state index contributed by atoms with van der Waals surface area (Å²) in [5.41, 5.74) is 6.35. The maximum absolute atomic E-state index is 11.6. The highest BCUT2D eigenvalue weighted by atomic mass is 16.5. The van der Waals surface area contributed by atoms with Crippen molar-refractivity contribution in [3.8, 4) is 5.75 Å². The van der Waals surface area contributed by atoms with Gasteiger partial charge in [-0.25, -0.2) is 4.79 Å². The van der Waals surface area contributed by atoms with Gasteiger partial charge < -0.3 is 15.2 Å². The van der Waals surface area contributed by atoms with Gasteiger partial charge in [-0.05, 0) is 71.8 Å². The Labute approximate surface area is 170 Å². The molecule has 3 atom stereocenters. The quantitative estimate of drug-likeness (QED) is 0.644. The van der Waals surface area contributed by atoms with Gasteiger partial charge in [-0.15, -0.1) is 0 Å². The zero-order valence-corrected chi connectivity index (χ0v) is 16.3. The third-order valence-electron chi connectivity index (χ3n) is 6.20. The number of benzene rings is 3. The van der Waals surface area contributed by atoms with Crippen LogP contribution in [0, 0.1) is 5.92 Å². The number of anilines is 1. The van der Waals surface area contributed by atoms with Crippen molar-refractivity contribution < 1.29 is 14.6 Å². The Kier molecular flexibility index (Phi) is 4.27. The molecule has 2 N–H and O–H groups in total. The molecule has 0 radical (unpaired) electrons. The minimum absolute atomic E-state index is 0.159. The lowest BCUT2D eigenvalue weighted by molar-refractivity contribution is 0.0696. The zero-order valence-electron chi connectivity index (χ0n) is 16.3. The molecule has 2 aliphatic rings. The molecule has 4 heteroatoms. The Morgan fingerprint density at radius 2 is 1.86 bits per heavy atom. The Morgan fingerprint density at radius 3 is 2.62 bits per heavy atom. The second-order valence-corrected chi connectivity index (χ2v) is 7.78. The molecule has 1 aliphatic heterocycles. The van der Waals surface area contributed by atoms with E-state index in [0.29, 0.717) is 18.1 Å². The average molecular weight is 385 g/mol. The van der Waals surface area contributed by atoms with E-state index in [1.54, 1.807) is 6.07 Å². The first kappa shape index (κ1) is 17.8. The lowest BCUT2D eigenvalue weighted by Crippen LogP contribution is -2.30. The van der Waals surface area contributed by atoms with Crippen LogP contribution in [0.5, 0.6) is 5.75 Å². The molecule has 146 valence electrons. The minimum atomic E-state index is -0.885. The van der Waals surface area contributed by atoms with Crippen LogP contribution in [-0.2, 0) is 6.42 Å². The molecule has 0 amide bonds. The first-order chi connectivity index (χ1) is 14.2. The smallest absolute Gasteiger partial charge is 0.335 e. The fourth-order valence-electron chi connectivity index (χ4n) is 4.96. The number of hydrogen-bond acceptors (Lipinski definition) is 3. The third-order valence-corrected chi connectivity index (χ3v) is 6.20. The number of ether oxygens (including phenoxy) is 1. The second-order valence-electron chi connectivity index (χ2n) is 7.78. The molecule has 4 nitrogen and oxygen atoms in total. The van der Waals surface area contributed by atoms with Crippen molar-refractivity contribution in [3.05, 3.63) is 94.5 Å². The van der Waals surface area contributed by atoms with E-state index in [0.717, 1.165) is 23.4 Å². The lowest BCUT2D eigenvalue weighted by atomic mass is 9.75. The van der Waals surface area contributed by atoms with Crippen LogP contribution in [0.1, 0.15) is 51.5 Å². The molecule has 0 bridgehead atoms. The molecule has 0 fully saturated rings. The zero-order chi connectivity index (χ0) is 20.0. The van der Waals surface area contributed by atoms with Crippen molar-refractivity contribution in [1.29, 1.82) is 0 Å². The monoisotopic (exact) mass is 385 g/mol. The van der Waals surface area contributed by atoms with Gasteiger partial charge in [-0.3, -0.25) is 0 Å². The minimum Gasteiger partial charge on any atom is -0.494 e. The maximum Gasteiger partial charge on any atom is 0.335 e. The highest BCUT2D eigenvalue weighted by molar-refractivity contribution is 5.89. The molecule has 1 aliphatic carbocycles. The van der Waals surface area contributed by atoms with Crippen LogP contribution >= 0.6 is 0 Å². The van der Waals surface area contributed by atoms with Gasteiger partial charge in [-0.2, -0.15) is 0 Å². The van der Waals surface area contributed by atoms with Crippen LogP contribution in [-0.4, -0.2) is 17.7 Å². The molecule has 3 aromatic rings. The molecule has 0 aromatic heterocycles. The Balaban J connectivity index is 1.61. The van der Waals surface area contributed by atoms with Crippen LogP contribution < -0.4 is 10.1 Å². The molecule has 29 heavy (non-hydrogen) atoms. The fourth-order valence-corrected chi connectivity index (χ4v) is 4.96. The van der Waals surface area contributed by atoms with Crippen LogP contribution in [0.4, 0.5) is 5.69 Å². The molecule has 3 aromatic carbocycles. The summed E-state index contributed by atoms with van der Waals surface area (Å²) >= 11 is 0. The SMILES string of the molecule is CCOc1ccc([C@@H]2Nc3ccc(C(=O)O)cc3[C@@H]3c4ccccc4C[C@H]32)cc1. The van der Waals surface area contributed by atoms with E-state index in [2.05, 4.69) is 41.7 Å². The fraction of sp³-hybridized carbons (Fsp3) is 0.240. The molecular weight excluding hydrogens is 362 g/mol. The lowest BCUT2D eigenvalue weighted by Gasteiger charge is -2.38. The predicted molar refractivity (Wildman–Crippen MR) is 113 cm³/mol. The predicted octanol–water partition coefficient (Wildman–Crippen LogP) is 5.25. The van der Waals surface area contributed by atoms with Crippen molar-refractivity contribution >= 4 is 11.7 Å². The topological polar surface area (TPSA) is 58.6 Å². The summed E-state index contributed by atoms with van der Waals surface area (Å²) in [5.74, 6) is 0.522. The molecule has 0 unspecified atom stereocenters. The summed E-state index contributed by atoms with van der Waals surface area (Å²) in [6.45, 7) is 2.64. The van der Waals surface area contributed by atoms with E-state index in [-0.39, 0.29) is 12.0 Å². The van der Waals surface area contributed by atoms with E-state index >= 15 is 0 Å². The summed E-state index contributed by atoms with van der Waals surface area (Å²) in [5, 5.41) is 13.2. The first-order valence-electron chi connectivity index (χ1n) is 10.1. The molecule has 0 spiro atoms. The van der Waals surface area contributed by atoms with Crippen LogP contribution in [0.2, 0.25) is 0 Å². The van der Waals surface area contributed by atoms with E-state index in [9.17, 15) is 9.90 Å². The molecule has 0 saturated heterocycles. The summed E-state index contributed by atoms with van der Waals surface area (Å²) in [6.07, 6.45) is 0.975. The van der Waals surface area contributed by atoms with Gasteiger partial charge in [0.05, 0.1) is 18.2 Å². The summed E-state index contributed by atoms with van der Waals surface area (Å²) in [4.78, 5) is 11.6. The van der Waals surface area contributed by atoms with E-state index < -0.39 is 5.97 Å². The first-order valence-corrected chi connectivity index (χ1v) is 10.1. The highest BCUT2D eigenvalue weighted by Crippen LogP contribution is 2.53. The Bertz CT molecular complexity index is 1070. The Hall–Kier alpha value is -3.27. The number of hydrogen-bond donors (Lipinski definition) is 2. The summed E-state index contributed by atoms with van der Waals surface area (Å²) in [6, 6.07) is 22.5. The van der Waals surface area contributed by atoms with Crippen molar-refractivity contribution in [2.45, 2.75) is 25.3 Å². The van der Waals surface area contributed by atoms with E-state index in [1.165, 1.54) is 16.7 Å². The van der Waals surface area contributed by atoms with Crippen molar-refractivity contribution in [1.82, 2.24) is 0 Å². The molecule has 1 heterocycles. The van der Waals surface area contributed by atoms with Gasteiger partial charge in [0.1, 0.15) is 5.75 Å². The number of carboxylic acids is 1. The average Bonchev–Trinajstić information content (AvgIpc) is 3.13. The molecular formula is C25H23NO3.